The summed E-state index contributed by atoms with van der Waals surface area (Å²) in [5, 5.41) is 0.961. The van der Waals surface area contributed by atoms with Crippen molar-refractivity contribution in [3.8, 4) is 16.9 Å². The van der Waals surface area contributed by atoms with E-state index in [-0.39, 0.29) is 22.3 Å². The Morgan fingerprint density at radius 2 is 1.88 bits per heavy atom. The van der Waals surface area contributed by atoms with E-state index in [0.717, 1.165) is 5.56 Å². The van der Waals surface area contributed by atoms with Crippen LogP contribution in [0.4, 0.5) is 10.1 Å². The maximum atomic E-state index is 14.4. The SMILES string of the molecule is COc1ccc(-c2c(Cc3c(N)cc(Cl)cc3F)ccnc2Cl)c(Cl)c1. The Bertz CT molecular complexity index is 956. The Morgan fingerprint density at radius 3 is 2.54 bits per heavy atom. The molecule has 0 bridgehead atoms. The van der Waals surface area contributed by atoms with Gasteiger partial charge in [0.05, 0.1) is 12.1 Å². The lowest BCUT2D eigenvalue weighted by molar-refractivity contribution is 0.415. The molecule has 0 fully saturated rings. The van der Waals surface area contributed by atoms with E-state index < -0.39 is 5.82 Å². The van der Waals surface area contributed by atoms with Crippen LogP contribution in [0, 0.1) is 5.82 Å². The highest BCUT2D eigenvalue weighted by atomic mass is 35.5. The first kappa shape index (κ1) is 18.8. The van der Waals surface area contributed by atoms with Crippen LogP contribution in [0.3, 0.4) is 0 Å². The van der Waals surface area contributed by atoms with E-state index in [0.29, 0.717) is 27.5 Å². The zero-order valence-corrected chi connectivity index (χ0v) is 16.0. The number of nitrogens with two attached hydrogens (primary N) is 1. The minimum absolute atomic E-state index is 0.217. The molecule has 0 atom stereocenters. The molecular formula is C19H14Cl3FN2O. The van der Waals surface area contributed by atoms with Gasteiger partial charge in [0, 0.05) is 40.0 Å². The average Bonchev–Trinajstić information content (AvgIpc) is 2.58. The minimum Gasteiger partial charge on any atom is -0.497 e. The van der Waals surface area contributed by atoms with Crippen LogP contribution in [-0.4, -0.2) is 12.1 Å². The third-order valence-electron chi connectivity index (χ3n) is 4.00. The number of methoxy groups -OCH3 is 1. The predicted octanol–water partition coefficient (Wildman–Crippen LogP) is 6.03. The number of ether oxygens (including phenoxy) is 1. The van der Waals surface area contributed by atoms with Crippen molar-refractivity contribution in [2.75, 3.05) is 12.8 Å². The van der Waals surface area contributed by atoms with Gasteiger partial charge < -0.3 is 10.5 Å². The van der Waals surface area contributed by atoms with E-state index in [1.165, 1.54) is 12.1 Å². The number of benzene rings is 2. The summed E-state index contributed by atoms with van der Waals surface area (Å²) in [6.07, 6.45) is 1.78. The van der Waals surface area contributed by atoms with E-state index in [9.17, 15) is 4.39 Å². The highest BCUT2D eigenvalue weighted by Gasteiger charge is 2.17. The van der Waals surface area contributed by atoms with Crippen molar-refractivity contribution in [1.82, 2.24) is 4.98 Å². The molecule has 0 amide bonds. The average molecular weight is 412 g/mol. The summed E-state index contributed by atoms with van der Waals surface area (Å²) in [6.45, 7) is 0. The quantitative estimate of drug-likeness (QED) is 0.421. The van der Waals surface area contributed by atoms with Crippen molar-refractivity contribution >= 4 is 40.5 Å². The molecule has 0 aliphatic rings. The first-order valence-electron chi connectivity index (χ1n) is 7.61. The number of hydrogen-bond acceptors (Lipinski definition) is 3. The first-order valence-corrected chi connectivity index (χ1v) is 8.74. The van der Waals surface area contributed by atoms with Gasteiger partial charge in [-0.15, -0.1) is 0 Å². The lowest BCUT2D eigenvalue weighted by Crippen LogP contribution is -2.02. The third-order valence-corrected chi connectivity index (χ3v) is 4.82. The van der Waals surface area contributed by atoms with Crippen LogP contribution in [0.15, 0.2) is 42.6 Å². The van der Waals surface area contributed by atoms with Gasteiger partial charge >= 0.3 is 0 Å². The van der Waals surface area contributed by atoms with Crippen LogP contribution in [-0.2, 0) is 6.42 Å². The fourth-order valence-electron chi connectivity index (χ4n) is 2.73. The van der Waals surface area contributed by atoms with Gasteiger partial charge in [-0.3, -0.25) is 0 Å². The van der Waals surface area contributed by atoms with Gasteiger partial charge in [0.2, 0.25) is 0 Å². The normalized spacial score (nSPS) is 10.8. The number of rotatable bonds is 4. The Kier molecular flexibility index (Phi) is 5.56. The summed E-state index contributed by atoms with van der Waals surface area (Å²) >= 11 is 18.6. The van der Waals surface area contributed by atoms with E-state index in [1.807, 2.05) is 0 Å². The molecule has 0 aliphatic heterocycles. The lowest BCUT2D eigenvalue weighted by Gasteiger charge is -2.15. The molecule has 7 heteroatoms. The molecular weight excluding hydrogens is 398 g/mol. The molecule has 0 spiro atoms. The minimum atomic E-state index is -0.477. The second-order valence-corrected chi connectivity index (χ2v) is 6.82. The Balaban J connectivity index is 2.13. The molecule has 0 radical (unpaired) electrons. The summed E-state index contributed by atoms with van der Waals surface area (Å²) in [4.78, 5) is 4.13. The molecule has 1 aromatic heterocycles. The Morgan fingerprint density at radius 1 is 1.12 bits per heavy atom. The fraction of sp³-hybridized carbons (Fsp3) is 0.105. The van der Waals surface area contributed by atoms with Gasteiger partial charge in [-0.1, -0.05) is 34.8 Å². The zero-order valence-electron chi connectivity index (χ0n) is 13.7. The van der Waals surface area contributed by atoms with Crippen molar-refractivity contribution in [1.29, 1.82) is 0 Å². The number of pyridine rings is 1. The maximum absolute atomic E-state index is 14.4. The van der Waals surface area contributed by atoms with Crippen LogP contribution in [0.2, 0.25) is 15.2 Å². The molecule has 26 heavy (non-hydrogen) atoms. The van der Waals surface area contributed by atoms with Crippen molar-refractivity contribution in [2.45, 2.75) is 6.42 Å². The molecule has 3 aromatic rings. The van der Waals surface area contributed by atoms with Crippen LogP contribution >= 0.6 is 34.8 Å². The third kappa shape index (κ3) is 3.73. The predicted molar refractivity (Wildman–Crippen MR) is 105 cm³/mol. The molecule has 0 saturated carbocycles. The van der Waals surface area contributed by atoms with Crippen LogP contribution in [0.25, 0.3) is 11.1 Å². The van der Waals surface area contributed by atoms with Gasteiger partial charge in [-0.05, 0) is 42.0 Å². The summed E-state index contributed by atoms with van der Waals surface area (Å²) in [6, 6.07) is 9.75. The molecule has 2 aromatic carbocycles. The number of anilines is 1. The number of halogens is 4. The monoisotopic (exact) mass is 410 g/mol. The van der Waals surface area contributed by atoms with Gasteiger partial charge in [0.1, 0.15) is 16.7 Å². The summed E-state index contributed by atoms with van der Waals surface area (Å²) < 4.78 is 19.5. The molecule has 0 aliphatic carbocycles. The Labute approximate surface area is 165 Å². The van der Waals surface area contributed by atoms with E-state index >= 15 is 0 Å². The van der Waals surface area contributed by atoms with Crippen LogP contribution in [0.5, 0.6) is 5.75 Å². The molecule has 1 heterocycles. The second kappa shape index (κ2) is 7.70. The second-order valence-electron chi connectivity index (χ2n) is 5.61. The van der Waals surface area contributed by atoms with Crippen molar-refractivity contribution < 1.29 is 9.13 Å². The van der Waals surface area contributed by atoms with E-state index in [1.54, 1.807) is 37.6 Å². The van der Waals surface area contributed by atoms with Gasteiger partial charge in [0.25, 0.3) is 0 Å². The number of nitrogens with zero attached hydrogens (tertiary/aromatic N) is 1. The maximum Gasteiger partial charge on any atom is 0.137 e. The molecule has 0 unspecified atom stereocenters. The summed E-state index contributed by atoms with van der Waals surface area (Å²) in [5.74, 6) is 0.142. The highest BCUT2D eigenvalue weighted by molar-refractivity contribution is 6.36. The van der Waals surface area contributed by atoms with Gasteiger partial charge in [0.15, 0.2) is 0 Å². The number of nitrogen functional groups attached to an aromatic ring is 1. The first-order chi connectivity index (χ1) is 12.4. The molecule has 3 nitrogen and oxygen atoms in total. The molecule has 3 rings (SSSR count). The number of hydrogen-bond donors (Lipinski definition) is 1. The van der Waals surface area contributed by atoms with Crippen molar-refractivity contribution in [2.24, 2.45) is 0 Å². The van der Waals surface area contributed by atoms with Crippen molar-refractivity contribution in [3.63, 3.8) is 0 Å². The van der Waals surface area contributed by atoms with E-state index in [4.69, 9.17) is 45.3 Å². The van der Waals surface area contributed by atoms with Gasteiger partial charge in [-0.25, -0.2) is 9.37 Å². The highest BCUT2D eigenvalue weighted by Crippen LogP contribution is 2.38. The largest absolute Gasteiger partial charge is 0.497 e. The molecule has 134 valence electrons. The smallest absolute Gasteiger partial charge is 0.137 e. The topological polar surface area (TPSA) is 48.1 Å². The van der Waals surface area contributed by atoms with E-state index in [2.05, 4.69) is 4.98 Å². The molecule has 2 N–H and O–H groups in total. The Hall–Kier alpha value is -2.01. The lowest BCUT2D eigenvalue weighted by atomic mass is 9.95. The van der Waals surface area contributed by atoms with Crippen LogP contribution in [0.1, 0.15) is 11.1 Å². The number of aromatic nitrogens is 1. The molecule has 0 saturated heterocycles. The van der Waals surface area contributed by atoms with Crippen LogP contribution < -0.4 is 10.5 Å². The van der Waals surface area contributed by atoms with Crippen molar-refractivity contribution in [3.05, 3.63) is 74.7 Å². The fourth-order valence-corrected chi connectivity index (χ4v) is 3.49. The summed E-state index contributed by atoms with van der Waals surface area (Å²) in [7, 11) is 1.56. The standard InChI is InChI=1S/C19H14Cl3FN2O/c1-26-12-2-3-13(15(21)9-12)18-10(4-5-25-19(18)22)6-14-16(23)7-11(20)8-17(14)24/h2-5,7-9H,6,24H2,1H3. The zero-order chi connectivity index (χ0) is 18.8. The summed E-state index contributed by atoms with van der Waals surface area (Å²) in [5.41, 5.74) is 8.59. The van der Waals surface area contributed by atoms with Gasteiger partial charge in [-0.2, -0.15) is 0 Å².